The van der Waals surface area contributed by atoms with Crippen LogP contribution in [-0.4, -0.2) is 38.6 Å². The maximum atomic E-state index is 12.7. The van der Waals surface area contributed by atoms with Crippen molar-refractivity contribution in [2.75, 3.05) is 19.3 Å². The lowest BCUT2D eigenvalue weighted by molar-refractivity contribution is 0.0935. The highest BCUT2D eigenvalue weighted by Crippen LogP contribution is 2.21. The summed E-state index contributed by atoms with van der Waals surface area (Å²) in [7, 11) is -3.23. The monoisotopic (exact) mass is 428 g/mol. The molecule has 162 valence electrons. The molecular weight excluding hydrogens is 396 g/mol. The van der Waals surface area contributed by atoms with Crippen molar-refractivity contribution in [3.8, 4) is 0 Å². The van der Waals surface area contributed by atoms with E-state index in [9.17, 15) is 13.2 Å². The second-order valence-corrected chi connectivity index (χ2v) is 10.5. The van der Waals surface area contributed by atoms with Crippen molar-refractivity contribution in [1.82, 2.24) is 10.2 Å². The molecule has 2 aromatic carbocycles. The van der Waals surface area contributed by atoms with Crippen LogP contribution in [-0.2, 0) is 16.4 Å². The highest BCUT2D eigenvalue weighted by Gasteiger charge is 2.18. The van der Waals surface area contributed by atoms with Crippen molar-refractivity contribution >= 4 is 15.7 Å². The third-order valence-electron chi connectivity index (χ3n) is 5.79. The van der Waals surface area contributed by atoms with Gasteiger partial charge in [-0.1, -0.05) is 38.1 Å². The number of hydrogen-bond donors (Lipinski definition) is 1. The standard InChI is InChI=1S/C24H32N2O3S/c1-4-23(20-11-13-22(14-12-20)30(3,28)29)25-24(27)21-9-7-19(8-10-21)17-26-15-5-6-18(2)16-26/h7-14,18,23H,4-6,15-17H2,1-3H3,(H,25,27)/t18-,23-/m0/s1. The summed E-state index contributed by atoms with van der Waals surface area (Å²) >= 11 is 0. The van der Waals surface area contributed by atoms with Gasteiger partial charge in [-0.3, -0.25) is 9.69 Å². The highest BCUT2D eigenvalue weighted by molar-refractivity contribution is 7.90. The molecule has 2 atom stereocenters. The molecule has 30 heavy (non-hydrogen) atoms. The van der Waals surface area contributed by atoms with E-state index in [-0.39, 0.29) is 16.8 Å². The first kappa shape index (κ1) is 22.5. The Morgan fingerprint density at radius 2 is 1.80 bits per heavy atom. The van der Waals surface area contributed by atoms with Gasteiger partial charge < -0.3 is 5.32 Å². The van der Waals surface area contributed by atoms with Gasteiger partial charge in [0.25, 0.3) is 5.91 Å². The SMILES string of the molecule is CC[C@H](NC(=O)c1ccc(CN2CCC[C@H](C)C2)cc1)c1ccc(S(C)(=O)=O)cc1. The van der Waals surface area contributed by atoms with Gasteiger partial charge in [0.2, 0.25) is 0 Å². The first-order valence-electron chi connectivity index (χ1n) is 10.7. The molecule has 1 N–H and O–H groups in total. The molecule has 0 radical (unpaired) electrons. The molecule has 5 nitrogen and oxygen atoms in total. The van der Waals surface area contributed by atoms with E-state index in [1.54, 1.807) is 24.3 Å². The fraction of sp³-hybridized carbons (Fsp3) is 0.458. The van der Waals surface area contributed by atoms with Crippen LogP contribution in [0, 0.1) is 5.92 Å². The normalized spacial score (nSPS) is 18.7. The molecule has 1 amide bonds. The van der Waals surface area contributed by atoms with Crippen molar-refractivity contribution in [2.24, 2.45) is 5.92 Å². The van der Waals surface area contributed by atoms with Gasteiger partial charge in [-0.2, -0.15) is 0 Å². The van der Waals surface area contributed by atoms with Crippen molar-refractivity contribution in [3.05, 3.63) is 65.2 Å². The fourth-order valence-corrected chi connectivity index (χ4v) is 4.69. The van der Waals surface area contributed by atoms with E-state index in [0.717, 1.165) is 37.5 Å². The number of rotatable bonds is 7. The van der Waals surface area contributed by atoms with Gasteiger partial charge in [0.15, 0.2) is 9.84 Å². The van der Waals surface area contributed by atoms with Crippen LogP contribution in [0.3, 0.4) is 0 Å². The maximum absolute atomic E-state index is 12.7. The van der Waals surface area contributed by atoms with Crippen LogP contribution < -0.4 is 5.32 Å². The molecule has 0 unspecified atom stereocenters. The van der Waals surface area contributed by atoms with E-state index < -0.39 is 9.84 Å². The Balaban J connectivity index is 1.62. The van der Waals surface area contributed by atoms with Crippen molar-refractivity contribution in [1.29, 1.82) is 0 Å². The molecule has 0 aromatic heterocycles. The summed E-state index contributed by atoms with van der Waals surface area (Å²) in [5.74, 6) is 0.633. The number of amides is 1. The van der Waals surface area contributed by atoms with Crippen LogP contribution in [0.4, 0.5) is 0 Å². The molecule has 0 aliphatic carbocycles. The molecule has 1 heterocycles. The molecule has 1 saturated heterocycles. The van der Waals surface area contributed by atoms with Gasteiger partial charge in [0, 0.05) is 24.9 Å². The quantitative estimate of drug-likeness (QED) is 0.718. The van der Waals surface area contributed by atoms with Crippen LogP contribution >= 0.6 is 0 Å². The number of carbonyl (C=O) groups excluding carboxylic acids is 1. The predicted molar refractivity (Wildman–Crippen MR) is 120 cm³/mol. The molecule has 3 rings (SSSR count). The van der Waals surface area contributed by atoms with Crippen molar-refractivity contribution < 1.29 is 13.2 Å². The number of benzene rings is 2. The lowest BCUT2D eigenvalue weighted by Crippen LogP contribution is -2.33. The minimum atomic E-state index is -3.23. The van der Waals surface area contributed by atoms with Gasteiger partial charge >= 0.3 is 0 Å². The zero-order valence-corrected chi connectivity index (χ0v) is 18.9. The van der Waals surface area contributed by atoms with Gasteiger partial charge in [0.1, 0.15) is 0 Å². The summed E-state index contributed by atoms with van der Waals surface area (Å²) in [5, 5.41) is 3.07. The molecule has 0 saturated carbocycles. The van der Waals surface area contributed by atoms with Gasteiger partial charge in [-0.05, 0) is 67.1 Å². The van der Waals surface area contributed by atoms with E-state index in [0.29, 0.717) is 5.56 Å². The van der Waals surface area contributed by atoms with E-state index in [1.165, 1.54) is 24.7 Å². The molecule has 1 aliphatic heterocycles. The molecule has 1 aliphatic rings. The summed E-state index contributed by atoms with van der Waals surface area (Å²) < 4.78 is 23.3. The second-order valence-electron chi connectivity index (χ2n) is 8.45. The fourth-order valence-electron chi connectivity index (χ4n) is 4.06. The number of carbonyl (C=O) groups is 1. The number of nitrogens with zero attached hydrogens (tertiary/aromatic N) is 1. The summed E-state index contributed by atoms with van der Waals surface area (Å²) in [6, 6.07) is 14.4. The lowest BCUT2D eigenvalue weighted by atomic mass is 9.99. The third kappa shape index (κ3) is 5.92. The zero-order chi connectivity index (χ0) is 21.7. The first-order chi connectivity index (χ1) is 14.3. The topological polar surface area (TPSA) is 66.5 Å². The summed E-state index contributed by atoms with van der Waals surface area (Å²) in [6.45, 7) is 7.51. The summed E-state index contributed by atoms with van der Waals surface area (Å²) in [5.41, 5.74) is 2.76. The van der Waals surface area contributed by atoms with E-state index in [4.69, 9.17) is 0 Å². The van der Waals surface area contributed by atoms with Crippen LogP contribution in [0.1, 0.15) is 60.6 Å². The number of sulfone groups is 1. The highest BCUT2D eigenvalue weighted by atomic mass is 32.2. The van der Waals surface area contributed by atoms with Crippen LogP contribution in [0.2, 0.25) is 0 Å². The Labute approximate surface area is 180 Å². The van der Waals surface area contributed by atoms with Crippen LogP contribution in [0.5, 0.6) is 0 Å². The van der Waals surface area contributed by atoms with Gasteiger partial charge in [-0.25, -0.2) is 8.42 Å². The predicted octanol–water partition coefficient (Wildman–Crippen LogP) is 4.20. The van der Waals surface area contributed by atoms with Crippen LogP contribution in [0.25, 0.3) is 0 Å². The Kier molecular flexibility index (Phi) is 7.32. The van der Waals surface area contributed by atoms with E-state index in [1.807, 2.05) is 31.2 Å². The maximum Gasteiger partial charge on any atom is 0.251 e. The minimum absolute atomic E-state index is 0.118. The first-order valence-corrected chi connectivity index (χ1v) is 12.6. The van der Waals surface area contributed by atoms with Gasteiger partial charge in [-0.15, -0.1) is 0 Å². The van der Waals surface area contributed by atoms with Crippen LogP contribution in [0.15, 0.2) is 53.4 Å². The Hall–Kier alpha value is -2.18. The number of nitrogens with one attached hydrogen (secondary N) is 1. The molecule has 0 bridgehead atoms. The largest absolute Gasteiger partial charge is 0.345 e. The molecular formula is C24H32N2O3S. The molecule has 2 aromatic rings. The van der Waals surface area contributed by atoms with Crippen molar-refractivity contribution in [2.45, 2.75) is 50.6 Å². The third-order valence-corrected chi connectivity index (χ3v) is 6.92. The summed E-state index contributed by atoms with van der Waals surface area (Å²) in [4.78, 5) is 15.5. The smallest absolute Gasteiger partial charge is 0.251 e. The number of likely N-dealkylation sites (tertiary alicyclic amines) is 1. The molecule has 0 spiro atoms. The van der Waals surface area contributed by atoms with E-state index in [2.05, 4.69) is 17.1 Å². The van der Waals surface area contributed by atoms with E-state index >= 15 is 0 Å². The average Bonchev–Trinajstić information content (AvgIpc) is 2.72. The minimum Gasteiger partial charge on any atom is -0.345 e. The zero-order valence-electron chi connectivity index (χ0n) is 18.1. The Morgan fingerprint density at radius 3 is 2.37 bits per heavy atom. The Bertz CT molecular complexity index is 953. The number of piperidine rings is 1. The molecule has 6 heteroatoms. The second kappa shape index (κ2) is 9.75. The lowest BCUT2D eigenvalue weighted by Gasteiger charge is -2.30. The molecule has 1 fully saturated rings. The van der Waals surface area contributed by atoms with Crippen molar-refractivity contribution in [3.63, 3.8) is 0 Å². The Morgan fingerprint density at radius 1 is 1.13 bits per heavy atom. The van der Waals surface area contributed by atoms with Gasteiger partial charge in [0.05, 0.1) is 10.9 Å². The number of hydrogen-bond acceptors (Lipinski definition) is 4. The summed E-state index contributed by atoms with van der Waals surface area (Å²) in [6.07, 6.45) is 4.47. The average molecular weight is 429 g/mol.